The van der Waals surface area contributed by atoms with Gasteiger partial charge in [0.2, 0.25) is 5.91 Å². The Balaban J connectivity index is 3.75. The minimum Gasteiger partial charge on any atom is -0.468 e. The molecule has 0 aromatic rings. The fraction of sp³-hybridized carbons (Fsp3) is 0.750. The van der Waals surface area contributed by atoms with Crippen molar-refractivity contribution in [3.63, 3.8) is 0 Å². The van der Waals surface area contributed by atoms with E-state index in [9.17, 15) is 9.59 Å². The second kappa shape index (κ2) is 6.42. The molecule has 0 radical (unpaired) electrons. The molecule has 0 saturated carbocycles. The fourth-order valence-corrected chi connectivity index (χ4v) is 0.864. The lowest BCUT2D eigenvalue weighted by atomic mass is 10.3. The molecule has 0 rings (SSSR count). The Bertz CT molecular complexity index is 182. The number of rotatable bonds is 6. The zero-order chi connectivity index (χ0) is 10.3. The summed E-state index contributed by atoms with van der Waals surface area (Å²) in [5.74, 6) is -0.658. The molecule has 13 heavy (non-hydrogen) atoms. The van der Waals surface area contributed by atoms with Gasteiger partial charge >= 0.3 is 5.97 Å². The van der Waals surface area contributed by atoms with Crippen molar-refractivity contribution in [3.8, 4) is 0 Å². The van der Waals surface area contributed by atoms with Crippen molar-refractivity contribution in [1.29, 1.82) is 0 Å². The van der Waals surface area contributed by atoms with Crippen molar-refractivity contribution in [1.82, 2.24) is 4.90 Å². The molecule has 0 aliphatic carbocycles. The van der Waals surface area contributed by atoms with E-state index < -0.39 is 0 Å². The van der Waals surface area contributed by atoms with E-state index in [1.165, 1.54) is 7.11 Å². The third kappa shape index (κ3) is 6.10. The van der Waals surface area contributed by atoms with Gasteiger partial charge in [-0.2, -0.15) is 0 Å². The standard InChI is InChI=1S/C8H16N2O3/c1-3-10(5-4-7(9)11)6-8(12)13-2/h3-6H2,1-2H3,(H2,9,11). The number of carbonyl (C=O) groups is 2. The summed E-state index contributed by atoms with van der Waals surface area (Å²) in [6, 6.07) is 0. The Hall–Kier alpha value is -1.10. The maximum atomic E-state index is 10.8. The highest BCUT2D eigenvalue weighted by Gasteiger charge is 2.09. The zero-order valence-electron chi connectivity index (χ0n) is 8.08. The Morgan fingerprint density at radius 3 is 2.46 bits per heavy atom. The van der Waals surface area contributed by atoms with Crippen LogP contribution in [0.1, 0.15) is 13.3 Å². The van der Waals surface area contributed by atoms with Gasteiger partial charge in [-0.05, 0) is 6.54 Å². The lowest BCUT2D eigenvalue weighted by Gasteiger charge is -2.17. The third-order valence-electron chi connectivity index (χ3n) is 1.70. The van der Waals surface area contributed by atoms with Gasteiger partial charge in [0.15, 0.2) is 0 Å². The van der Waals surface area contributed by atoms with Crippen LogP contribution < -0.4 is 5.73 Å². The second-order valence-corrected chi connectivity index (χ2v) is 2.66. The summed E-state index contributed by atoms with van der Waals surface area (Å²) in [6.45, 7) is 3.31. The number of nitrogens with zero attached hydrogens (tertiary/aromatic N) is 1. The van der Waals surface area contributed by atoms with E-state index in [0.717, 1.165) is 0 Å². The van der Waals surface area contributed by atoms with Crippen LogP contribution in [-0.2, 0) is 14.3 Å². The molecule has 1 amide bonds. The minimum absolute atomic E-state index is 0.209. The Labute approximate surface area is 77.8 Å². The number of carbonyl (C=O) groups excluding carboxylic acids is 2. The summed E-state index contributed by atoms with van der Waals surface area (Å²) >= 11 is 0. The summed E-state index contributed by atoms with van der Waals surface area (Å²) < 4.78 is 4.49. The Morgan fingerprint density at radius 2 is 2.08 bits per heavy atom. The smallest absolute Gasteiger partial charge is 0.319 e. The molecule has 76 valence electrons. The molecule has 0 atom stereocenters. The average molecular weight is 188 g/mol. The van der Waals surface area contributed by atoms with Crippen LogP contribution in [0.2, 0.25) is 0 Å². The van der Waals surface area contributed by atoms with Gasteiger partial charge in [-0.3, -0.25) is 14.5 Å². The molecular formula is C8H16N2O3. The normalized spacial score (nSPS) is 10.1. The van der Waals surface area contributed by atoms with Gasteiger partial charge in [-0.15, -0.1) is 0 Å². The maximum absolute atomic E-state index is 10.8. The van der Waals surface area contributed by atoms with Crippen LogP contribution in [0, 0.1) is 0 Å². The topological polar surface area (TPSA) is 72.6 Å². The first-order valence-electron chi connectivity index (χ1n) is 4.17. The molecule has 0 spiro atoms. The molecule has 0 heterocycles. The van der Waals surface area contributed by atoms with Gasteiger partial charge in [-0.1, -0.05) is 6.92 Å². The molecule has 0 aliphatic rings. The van der Waals surface area contributed by atoms with E-state index in [1.54, 1.807) is 4.90 Å². The quantitative estimate of drug-likeness (QED) is 0.562. The van der Waals surface area contributed by atoms with E-state index in [4.69, 9.17) is 5.73 Å². The van der Waals surface area contributed by atoms with Crippen molar-refractivity contribution in [2.24, 2.45) is 5.73 Å². The molecule has 0 aromatic carbocycles. The number of methoxy groups -OCH3 is 1. The van der Waals surface area contributed by atoms with E-state index in [-0.39, 0.29) is 24.8 Å². The summed E-state index contributed by atoms with van der Waals surface area (Å²) in [6.07, 6.45) is 0.269. The van der Waals surface area contributed by atoms with Gasteiger partial charge in [0.25, 0.3) is 0 Å². The van der Waals surface area contributed by atoms with Crippen LogP contribution in [0.3, 0.4) is 0 Å². The molecule has 5 heteroatoms. The molecule has 0 unspecified atom stereocenters. The van der Waals surface area contributed by atoms with Crippen molar-refractivity contribution >= 4 is 11.9 Å². The number of hydrogen-bond acceptors (Lipinski definition) is 4. The number of nitrogens with two attached hydrogens (primary N) is 1. The largest absolute Gasteiger partial charge is 0.468 e. The molecule has 0 aliphatic heterocycles. The number of ether oxygens (including phenoxy) is 1. The number of primary amides is 1. The fourth-order valence-electron chi connectivity index (χ4n) is 0.864. The monoisotopic (exact) mass is 188 g/mol. The van der Waals surface area contributed by atoms with E-state index in [2.05, 4.69) is 4.74 Å². The van der Waals surface area contributed by atoms with Crippen LogP contribution in [-0.4, -0.2) is 43.5 Å². The highest BCUT2D eigenvalue weighted by atomic mass is 16.5. The number of hydrogen-bond donors (Lipinski definition) is 1. The Kier molecular flexibility index (Phi) is 5.88. The predicted octanol–water partition coefficient (Wildman–Crippen LogP) is -0.643. The van der Waals surface area contributed by atoms with Crippen molar-refractivity contribution in [3.05, 3.63) is 0 Å². The number of likely N-dealkylation sites (N-methyl/N-ethyl adjacent to an activating group) is 1. The van der Waals surface area contributed by atoms with Gasteiger partial charge in [0.05, 0.1) is 13.7 Å². The molecule has 0 aromatic heterocycles. The summed E-state index contributed by atoms with van der Waals surface area (Å²) in [7, 11) is 1.34. The van der Waals surface area contributed by atoms with E-state index in [1.807, 2.05) is 6.92 Å². The lowest BCUT2D eigenvalue weighted by molar-refractivity contribution is -0.142. The highest BCUT2D eigenvalue weighted by molar-refractivity contribution is 5.74. The van der Waals surface area contributed by atoms with Gasteiger partial charge in [-0.25, -0.2) is 0 Å². The molecular weight excluding hydrogens is 172 g/mol. The van der Waals surface area contributed by atoms with Crippen LogP contribution in [0.15, 0.2) is 0 Å². The molecule has 0 bridgehead atoms. The van der Waals surface area contributed by atoms with Crippen LogP contribution >= 0.6 is 0 Å². The third-order valence-corrected chi connectivity index (χ3v) is 1.70. The van der Waals surface area contributed by atoms with Crippen LogP contribution in [0.25, 0.3) is 0 Å². The van der Waals surface area contributed by atoms with E-state index in [0.29, 0.717) is 13.1 Å². The van der Waals surface area contributed by atoms with Crippen LogP contribution in [0.5, 0.6) is 0 Å². The first-order valence-corrected chi connectivity index (χ1v) is 4.17. The van der Waals surface area contributed by atoms with Crippen molar-refractivity contribution < 1.29 is 14.3 Å². The molecule has 5 nitrogen and oxygen atoms in total. The predicted molar refractivity (Wildman–Crippen MR) is 47.9 cm³/mol. The molecule has 2 N–H and O–H groups in total. The highest BCUT2D eigenvalue weighted by Crippen LogP contribution is 1.91. The lowest BCUT2D eigenvalue weighted by Crippen LogP contribution is -2.33. The average Bonchev–Trinajstić information content (AvgIpc) is 2.11. The van der Waals surface area contributed by atoms with Gasteiger partial charge in [0, 0.05) is 13.0 Å². The van der Waals surface area contributed by atoms with Crippen LogP contribution in [0.4, 0.5) is 0 Å². The summed E-state index contributed by atoms with van der Waals surface area (Å²) in [5, 5.41) is 0. The summed E-state index contributed by atoms with van der Waals surface area (Å²) in [4.78, 5) is 23.1. The molecule has 0 saturated heterocycles. The Morgan fingerprint density at radius 1 is 1.46 bits per heavy atom. The van der Waals surface area contributed by atoms with Gasteiger partial charge < -0.3 is 10.5 Å². The number of amides is 1. The SMILES string of the molecule is CCN(CCC(N)=O)CC(=O)OC. The maximum Gasteiger partial charge on any atom is 0.319 e. The van der Waals surface area contributed by atoms with Gasteiger partial charge in [0.1, 0.15) is 0 Å². The van der Waals surface area contributed by atoms with Crippen molar-refractivity contribution in [2.75, 3.05) is 26.7 Å². The summed E-state index contributed by atoms with van der Waals surface area (Å²) in [5.41, 5.74) is 4.98. The number of esters is 1. The molecule has 0 fully saturated rings. The van der Waals surface area contributed by atoms with Crippen molar-refractivity contribution in [2.45, 2.75) is 13.3 Å². The first-order chi connectivity index (χ1) is 6.10. The van der Waals surface area contributed by atoms with E-state index >= 15 is 0 Å². The minimum atomic E-state index is -0.358. The zero-order valence-corrected chi connectivity index (χ0v) is 8.08. The first kappa shape index (κ1) is 11.9. The second-order valence-electron chi connectivity index (χ2n) is 2.66.